The number of hydrogen-bond donors (Lipinski definition) is 0. The van der Waals surface area contributed by atoms with Gasteiger partial charge in [0.2, 0.25) is 0 Å². The Morgan fingerprint density at radius 2 is 2.00 bits per heavy atom. The first kappa shape index (κ1) is 12.4. The van der Waals surface area contributed by atoms with Gasteiger partial charge in [0.1, 0.15) is 0 Å². The van der Waals surface area contributed by atoms with Crippen molar-refractivity contribution < 1.29 is 4.92 Å². The van der Waals surface area contributed by atoms with Gasteiger partial charge >= 0.3 is 5.00 Å². The molecule has 1 aromatic rings. The summed E-state index contributed by atoms with van der Waals surface area (Å²) < 4.78 is 0. The lowest BCUT2D eigenvalue weighted by Gasteiger charge is -2.26. The van der Waals surface area contributed by atoms with Crippen LogP contribution in [0.2, 0.25) is 0 Å². The zero-order valence-electron chi connectivity index (χ0n) is 10.3. The summed E-state index contributed by atoms with van der Waals surface area (Å²) in [6.45, 7) is 6.09. The largest absolute Gasteiger partial charge is 0.363 e. The average Bonchev–Trinajstić information content (AvgIpc) is 2.75. The number of rotatable bonds is 3. The fourth-order valence-corrected chi connectivity index (χ4v) is 3.39. The lowest BCUT2D eigenvalue weighted by molar-refractivity contribution is -0.381. The number of hydrogen-bond acceptors (Lipinski definition) is 4. The highest BCUT2D eigenvalue weighted by molar-refractivity contribution is 7.19. The lowest BCUT2D eigenvalue weighted by Crippen LogP contribution is -2.28. The van der Waals surface area contributed by atoms with Gasteiger partial charge in [-0.15, -0.1) is 0 Å². The van der Waals surface area contributed by atoms with E-state index in [9.17, 15) is 10.1 Å². The molecular formula is C12H18N2O2S. The zero-order chi connectivity index (χ0) is 12.4. The van der Waals surface area contributed by atoms with Crippen LogP contribution in [0.25, 0.3) is 0 Å². The van der Waals surface area contributed by atoms with Gasteiger partial charge in [0.05, 0.1) is 9.92 Å². The van der Waals surface area contributed by atoms with Gasteiger partial charge in [-0.25, -0.2) is 0 Å². The number of nitro groups is 1. The minimum Gasteiger partial charge on any atom is -0.363 e. The lowest BCUT2D eigenvalue weighted by atomic mass is 10.1. The van der Waals surface area contributed by atoms with Gasteiger partial charge in [0, 0.05) is 18.7 Å². The molecule has 17 heavy (non-hydrogen) atoms. The first-order valence-corrected chi connectivity index (χ1v) is 6.94. The fraction of sp³-hybridized carbons (Fsp3) is 0.667. The molecule has 0 unspecified atom stereocenters. The minimum atomic E-state index is -0.243. The minimum absolute atomic E-state index is 0.213. The van der Waals surface area contributed by atoms with E-state index in [0.717, 1.165) is 23.7 Å². The zero-order valence-corrected chi connectivity index (χ0v) is 11.1. The maximum atomic E-state index is 11.0. The standard InChI is InChI=1S/C12H18N2O2S/c1-9(2)10-8-11(17-12(10)14(15)16)13-6-4-3-5-7-13/h8-9H,3-7H2,1-2H3. The molecule has 2 rings (SSSR count). The van der Waals surface area contributed by atoms with Crippen LogP contribution in [-0.2, 0) is 0 Å². The van der Waals surface area contributed by atoms with E-state index in [4.69, 9.17) is 0 Å². The molecule has 1 aliphatic rings. The maximum Gasteiger partial charge on any atom is 0.329 e. The number of anilines is 1. The highest BCUT2D eigenvalue weighted by Gasteiger charge is 2.24. The summed E-state index contributed by atoms with van der Waals surface area (Å²) in [5.74, 6) is 0.213. The Labute approximate surface area is 105 Å². The summed E-state index contributed by atoms with van der Waals surface area (Å²) in [4.78, 5) is 13.1. The van der Waals surface area contributed by atoms with Crippen LogP contribution < -0.4 is 4.90 Å². The topological polar surface area (TPSA) is 46.4 Å². The molecule has 0 aliphatic carbocycles. The Morgan fingerprint density at radius 1 is 1.35 bits per heavy atom. The predicted molar refractivity (Wildman–Crippen MR) is 71.1 cm³/mol. The third kappa shape index (κ3) is 2.60. The van der Waals surface area contributed by atoms with Crippen molar-refractivity contribution in [2.24, 2.45) is 0 Å². The Hall–Kier alpha value is -1.10. The molecule has 0 saturated carbocycles. The van der Waals surface area contributed by atoms with E-state index in [1.807, 2.05) is 19.9 Å². The smallest absolute Gasteiger partial charge is 0.329 e. The molecule has 0 atom stereocenters. The van der Waals surface area contributed by atoms with Gasteiger partial charge in [-0.3, -0.25) is 10.1 Å². The normalized spacial score (nSPS) is 16.5. The van der Waals surface area contributed by atoms with Crippen LogP contribution in [0, 0.1) is 10.1 Å². The van der Waals surface area contributed by atoms with Crippen molar-refractivity contribution in [1.82, 2.24) is 0 Å². The monoisotopic (exact) mass is 254 g/mol. The summed E-state index contributed by atoms with van der Waals surface area (Å²) in [5, 5.41) is 12.4. The SMILES string of the molecule is CC(C)c1cc(N2CCCCC2)sc1[N+](=O)[O-]. The molecule has 1 aliphatic heterocycles. The third-order valence-electron chi connectivity index (χ3n) is 3.18. The highest BCUT2D eigenvalue weighted by atomic mass is 32.1. The third-order valence-corrected chi connectivity index (χ3v) is 4.35. The van der Waals surface area contributed by atoms with Crippen LogP contribution >= 0.6 is 11.3 Å². The van der Waals surface area contributed by atoms with E-state index in [2.05, 4.69) is 4.90 Å². The van der Waals surface area contributed by atoms with Crippen molar-refractivity contribution in [2.75, 3.05) is 18.0 Å². The van der Waals surface area contributed by atoms with Gasteiger partial charge in [-0.05, 0) is 42.6 Å². The molecule has 0 bridgehead atoms. The Balaban J connectivity index is 2.29. The van der Waals surface area contributed by atoms with E-state index < -0.39 is 0 Å². The quantitative estimate of drug-likeness (QED) is 0.609. The molecule has 1 saturated heterocycles. The van der Waals surface area contributed by atoms with E-state index in [1.54, 1.807) is 0 Å². The van der Waals surface area contributed by atoms with Crippen molar-refractivity contribution in [3.63, 3.8) is 0 Å². The van der Waals surface area contributed by atoms with E-state index in [-0.39, 0.29) is 10.8 Å². The van der Waals surface area contributed by atoms with Crippen molar-refractivity contribution in [3.8, 4) is 0 Å². The van der Waals surface area contributed by atoms with E-state index >= 15 is 0 Å². The first-order chi connectivity index (χ1) is 8.09. The summed E-state index contributed by atoms with van der Waals surface area (Å²) in [6, 6.07) is 2.01. The van der Waals surface area contributed by atoms with Crippen LogP contribution in [0.1, 0.15) is 44.6 Å². The molecule has 0 amide bonds. The molecule has 0 radical (unpaired) electrons. The van der Waals surface area contributed by atoms with Gasteiger partial charge < -0.3 is 4.90 Å². The van der Waals surface area contributed by atoms with Crippen molar-refractivity contribution in [1.29, 1.82) is 0 Å². The van der Waals surface area contributed by atoms with Crippen LogP contribution in [-0.4, -0.2) is 18.0 Å². The summed E-state index contributed by atoms with van der Waals surface area (Å²) >= 11 is 1.33. The summed E-state index contributed by atoms with van der Waals surface area (Å²) in [6.07, 6.45) is 3.67. The fourth-order valence-electron chi connectivity index (χ4n) is 2.21. The Kier molecular flexibility index (Phi) is 3.66. The second-order valence-corrected chi connectivity index (χ2v) is 5.81. The van der Waals surface area contributed by atoms with E-state index in [0.29, 0.717) is 5.00 Å². The molecule has 4 nitrogen and oxygen atoms in total. The van der Waals surface area contributed by atoms with E-state index in [1.165, 1.54) is 30.6 Å². The van der Waals surface area contributed by atoms with Crippen LogP contribution in [0.4, 0.5) is 10.0 Å². The molecular weight excluding hydrogens is 236 g/mol. The summed E-state index contributed by atoms with van der Waals surface area (Å²) in [5.41, 5.74) is 0.876. The first-order valence-electron chi connectivity index (χ1n) is 6.12. The second kappa shape index (κ2) is 5.04. The molecule has 0 N–H and O–H groups in total. The summed E-state index contributed by atoms with van der Waals surface area (Å²) in [7, 11) is 0. The number of nitrogens with zero attached hydrogens (tertiary/aromatic N) is 2. The van der Waals surface area contributed by atoms with Crippen molar-refractivity contribution >= 4 is 21.3 Å². The Bertz CT molecular complexity index is 409. The van der Waals surface area contributed by atoms with Crippen molar-refractivity contribution in [3.05, 3.63) is 21.7 Å². The van der Waals surface area contributed by atoms with Crippen molar-refractivity contribution in [2.45, 2.75) is 39.0 Å². The molecule has 2 heterocycles. The maximum absolute atomic E-state index is 11.0. The molecule has 1 fully saturated rings. The van der Waals surface area contributed by atoms with Crippen LogP contribution in [0.3, 0.4) is 0 Å². The molecule has 0 spiro atoms. The average molecular weight is 254 g/mol. The van der Waals surface area contributed by atoms with Gasteiger partial charge in [-0.2, -0.15) is 0 Å². The van der Waals surface area contributed by atoms with Gasteiger partial charge in [-0.1, -0.05) is 13.8 Å². The van der Waals surface area contributed by atoms with Crippen LogP contribution in [0.5, 0.6) is 0 Å². The molecule has 5 heteroatoms. The number of piperidine rings is 1. The van der Waals surface area contributed by atoms with Gasteiger partial charge in [0.15, 0.2) is 0 Å². The Morgan fingerprint density at radius 3 is 2.47 bits per heavy atom. The molecule has 94 valence electrons. The van der Waals surface area contributed by atoms with Crippen LogP contribution in [0.15, 0.2) is 6.07 Å². The van der Waals surface area contributed by atoms with Gasteiger partial charge in [0.25, 0.3) is 0 Å². The molecule has 0 aromatic carbocycles. The number of thiophene rings is 1. The molecule has 1 aromatic heterocycles. The predicted octanol–water partition coefficient (Wildman–Crippen LogP) is 3.77. The second-order valence-electron chi connectivity index (χ2n) is 4.80. The highest BCUT2D eigenvalue weighted by Crippen LogP contribution is 2.40.